The second-order valence-electron chi connectivity index (χ2n) is 6.77. The molecule has 1 atom stereocenters. The van der Waals surface area contributed by atoms with E-state index >= 15 is 0 Å². The Hall–Kier alpha value is -0.870. The van der Waals surface area contributed by atoms with Crippen LogP contribution in [0, 0.1) is 5.92 Å². The number of nitrogens with one attached hydrogen (secondary N) is 1. The molecule has 2 heterocycles. The van der Waals surface area contributed by atoms with Crippen LogP contribution < -0.4 is 5.32 Å². The molecule has 1 aliphatic heterocycles. The molecule has 0 radical (unpaired) electrons. The second kappa shape index (κ2) is 7.23. The third kappa shape index (κ3) is 4.32. The zero-order chi connectivity index (χ0) is 14.5. The Bertz CT molecular complexity index is 391. The molecule has 1 aliphatic rings. The minimum atomic E-state index is 0.484. The van der Waals surface area contributed by atoms with Crippen LogP contribution in [0.5, 0.6) is 0 Å². The van der Waals surface area contributed by atoms with Crippen molar-refractivity contribution in [3.8, 4) is 0 Å². The minimum Gasteiger partial charge on any atom is -0.331 e. The average molecular weight is 278 g/mol. The Kier molecular flexibility index (Phi) is 5.61. The van der Waals surface area contributed by atoms with Crippen molar-refractivity contribution in [2.24, 2.45) is 5.92 Å². The molecule has 4 nitrogen and oxygen atoms in total. The Morgan fingerprint density at radius 1 is 1.40 bits per heavy atom. The van der Waals surface area contributed by atoms with Crippen LogP contribution in [0.1, 0.15) is 52.3 Å². The molecule has 1 N–H and O–H groups in total. The van der Waals surface area contributed by atoms with Gasteiger partial charge in [0.05, 0.1) is 12.0 Å². The molecule has 1 aromatic heterocycles. The van der Waals surface area contributed by atoms with E-state index < -0.39 is 0 Å². The van der Waals surface area contributed by atoms with Gasteiger partial charge in [0.2, 0.25) is 0 Å². The van der Waals surface area contributed by atoms with Gasteiger partial charge in [-0.15, -0.1) is 0 Å². The van der Waals surface area contributed by atoms with E-state index in [2.05, 4.69) is 47.5 Å². The van der Waals surface area contributed by atoms with E-state index in [4.69, 9.17) is 0 Å². The molecular weight excluding hydrogens is 248 g/mol. The van der Waals surface area contributed by atoms with Gasteiger partial charge < -0.3 is 9.88 Å². The van der Waals surface area contributed by atoms with Crippen LogP contribution in [0.4, 0.5) is 0 Å². The van der Waals surface area contributed by atoms with E-state index in [9.17, 15) is 0 Å². The Labute approximate surface area is 123 Å². The first-order valence-electron chi connectivity index (χ1n) is 8.02. The van der Waals surface area contributed by atoms with Gasteiger partial charge in [0.1, 0.15) is 0 Å². The number of hydrogen-bond acceptors (Lipinski definition) is 3. The van der Waals surface area contributed by atoms with Gasteiger partial charge in [-0.2, -0.15) is 0 Å². The summed E-state index contributed by atoms with van der Waals surface area (Å²) in [6, 6.07) is 1.15. The predicted molar refractivity (Wildman–Crippen MR) is 83.8 cm³/mol. The van der Waals surface area contributed by atoms with Crippen LogP contribution in [0.15, 0.2) is 12.5 Å². The summed E-state index contributed by atoms with van der Waals surface area (Å²) in [5.41, 5.74) is 1.33. The molecule has 20 heavy (non-hydrogen) atoms. The fraction of sp³-hybridized carbons (Fsp3) is 0.812. The third-order valence-electron chi connectivity index (χ3n) is 3.95. The Morgan fingerprint density at radius 2 is 2.20 bits per heavy atom. The molecule has 0 spiro atoms. The lowest BCUT2D eigenvalue weighted by Crippen LogP contribution is -2.39. The van der Waals surface area contributed by atoms with Crippen molar-refractivity contribution < 1.29 is 0 Å². The summed E-state index contributed by atoms with van der Waals surface area (Å²) in [6.45, 7) is 13.5. The SMILES string of the molecule is CC(C)CN(Cc1cncn1C(C)C)CC1CCCN1. The summed E-state index contributed by atoms with van der Waals surface area (Å²) in [5, 5.41) is 3.61. The molecule has 0 amide bonds. The highest BCUT2D eigenvalue weighted by molar-refractivity contribution is 5.00. The van der Waals surface area contributed by atoms with E-state index in [1.807, 2.05) is 12.5 Å². The maximum absolute atomic E-state index is 4.33. The maximum Gasteiger partial charge on any atom is 0.0951 e. The van der Waals surface area contributed by atoms with Crippen LogP contribution in [0.3, 0.4) is 0 Å². The molecular formula is C16H30N4. The average Bonchev–Trinajstić information content (AvgIpc) is 2.99. The lowest BCUT2D eigenvalue weighted by molar-refractivity contribution is 0.210. The van der Waals surface area contributed by atoms with Crippen LogP contribution >= 0.6 is 0 Å². The largest absolute Gasteiger partial charge is 0.331 e. The fourth-order valence-electron chi connectivity index (χ4n) is 3.09. The fourth-order valence-corrected chi connectivity index (χ4v) is 3.09. The number of rotatable bonds is 7. The van der Waals surface area contributed by atoms with Gasteiger partial charge in [-0.05, 0) is 39.2 Å². The maximum atomic E-state index is 4.33. The standard InChI is InChI=1S/C16H30N4/c1-13(2)9-19(10-15-6-5-7-18-15)11-16-8-17-12-20(16)14(3)4/h8,12-15,18H,5-7,9-11H2,1-4H3. The normalized spacial score (nSPS) is 19.6. The summed E-state index contributed by atoms with van der Waals surface area (Å²) in [7, 11) is 0. The van der Waals surface area contributed by atoms with Crippen LogP contribution in [-0.4, -0.2) is 40.1 Å². The van der Waals surface area contributed by atoms with Gasteiger partial charge in [0.25, 0.3) is 0 Å². The predicted octanol–water partition coefficient (Wildman–Crippen LogP) is 2.67. The van der Waals surface area contributed by atoms with Crippen molar-refractivity contribution in [2.75, 3.05) is 19.6 Å². The summed E-state index contributed by atoms with van der Waals surface area (Å²) in [5.74, 6) is 0.701. The lowest BCUT2D eigenvalue weighted by atomic mass is 10.1. The van der Waals surface area contributed by atoms with Crippen molar-refractivity contribution in [1.29, 1.82) is 0 Å². The third-order valence-corrected chi connectivity index (χ3v) is 3.95. The number of imidazole rings is 1. The highest BCUT2D eigenvalue weighted by Crippen LogP contribution is 2.15. The zero-order valence-corrected chi connectivity index (χ0v) is 13.5. The van der Waals surface area contributed by atoms with Gasteiger partial charge >= 0.3 is 0 Å². The second-order valence-corrected chi connectivity index (χ2v) is 6.77. The molecule has 1 aromatic rings. The smallest absolute Gasteiger partial charge is 0.0951 e. The first-order valence-corrected chi connectivity index (χ1v) is 8.02. The topological polar surface area (TPSA) is 33.1 Å². The number of hydrogen-bond donors (Lipinski definition) is 1. The molecule has 0 aromatic carbocycles. The molecule has 1 unspecified atom stereocenters. The van der Waals surface area contributed by atoms with E-state index in [-0.39, 0.29) is 0 Å². The zero-order valence-electron chi connectivity index (χ0n) is 13.5. The van der Waals surface area contributed by atoms with E-state index in [1.165, 1.54) is 25.1 Å². The van der Waals surface area contributed by atoms with Crippen LogP contribution in [-0.2, 0) is 6.54 Å². The van der Waals surface area contributed by atoms with Crippen molar-refractivity contribution in [2.45, 2.75) is 59.2 Å². The highest BCUT2D eigenvalue weighted by Gasteiger charge is 2.19. The summed E-state index contributed by atoms with van der Waals surface area (Å²) in [6.07, 6.45) is 6.62. The summed E-state index contributed by atoms with van der Waals surface area (Å²) < 4.78 is 2.29. The Balaban J connectivity index is 2.00. The highest BCUT2D eigenvalue weighted by atomic mass is 15.2. The van der Waals surface area contributed by atoms with E-state index in [0.717, 1.165) is 19.6 Å². The molecule has 0 bridgehead atoms. The van der Waals surface area contributed by atoms with Gasteiger partial charge in [-0.1, -0.05) is 13.8 Å². The Morgan fingerprint density at radius 3 is 2.80 bits per heavy atom. The van der Waals surface area contributed by atoms with Crippen molar-refractivity contribution >= 4 is 0 Å². The summed E-state index contributed by atoms with van der Waals surface area (Å²) >= 11 is 0. The van der Waals surface area contributed by atoms with Crippen LogP contribution in [0.25, 0.3) is 0 Å². The number of nitrogens with zero attached hydrogens (tertiary/aromatic N) is 3. The van der Waals surface area contributed by atoms with Crippen molar-refractivity contribution in [3.05, 3.63) is 18.2 Å². The molecule has 4 heteroatoms. The van der Waals surface area contributed by atoms with Gasteiger partial charge in [-0.25, -0.2) is 4.98 Å². The monoisotopic (exact) mass is 278 g/mol. The molecule has 2 rings (SSSR count). The first-order chi connectivity index (χ1) is 9.56. The van der Waals surface area contributed by atoms with Crippen molar-refractivity contribution in [3.63, 3.8) is 0 Å². The van der Waals surface area contributed by atoms with Gasteiger partial charge in [0, 0.05) is 37.9 Å². The molecule has 0 aliphatic carbocycles. The first kappa shape index (κ1) is 15.5. The summed E-state index contributed by atoms with van der Waals surface area (Å²) in [4.78, 5) is 6.91. The number of aromatic nitrogens is 2. The van der Waals surface area contributed by atoms with E-state index in [1.54, 1.807) is 0 Å². The molecule has 114 valence electrons. The van der Waals surface area contributed by atoms with Crippen LogP contribution in [0.2, 0.25) is 0 Å². The van der Waals surface area contributed by atoms with Gasteiger partial charge in [0.15, 0.2) is 0 Å². The molecule has 0 saturated carbocycles. The van der Waals surface area contributed by atoms with Crippen molar-refractivity contribution in [1.82, 2.24) is 19.8 Å². The minimum absolute atomic E-state index is 0.484. The van der Waals surface area contributed by atoms with Gasteiger partial charge in [-0.3, -0.25) is 4.90 Å². The molecule has 1 fully saturated rings. The quantitative estimate of drug-likeness (QED) is 0.832. The lowest BCUT2D eigenvalue weighted by Gasteiger charge is -2.28. The molecule has 1 saturated heterocycles. The van der Waals surface area contributed by atoms with E-state index in [0.29, 0.717) is 18.0 Å².